The van der Waals surface area contributed by atoms with E-state index in [2.05, 4.69) is 14.8 Å². The smallest absolute Gasteiger partial charge is 0.407 e. The minimum atomic E-state index is -0.296. The summed E-state index contributed by atoms with van der Waals surface area (Å²) in [6.07, 6.45) is 0.172. The van der Waals surface area contributed by atoms with Crippen LogP contribution in [-0.4, -0.2) is 32.3 Å². The molecule has 70 valence electrons. The van der Waals surface area contributed by atoms with E-state index in [1.54, 1.807) is 6.92 Å². The van der Waals surface area contributed by atoms with Gasteiger partial charge in [-0.05, 0) is 0 Å². The fourth-order valence-electron chi connectivity index (χ4n) is 0.492. The summed E-state index contributed by atoms with van der Waals surface area (Å²) in [7, 11) is 1.38. The van der Waals surface area contributed by atoms with Gasteiger partial charge in [-0.15, -0.1) is 0 Å². The van der Waals surface area contributed by atoms with Crippen LogP contribution in [0.5, 0.6) is 0 Å². The van der Waals surface area contributed by atoms with E-state index in [1.165, 1.54) is 7.11 Å². The van der Waals surface area contributed by atoms with Gasteiger partial charge in [0.25, 0.3) is 0 Å². The Morgan fingerprint density at radius 3 is 2.50 bits per heavy atom. The number of ether oxygens (including phenoxy) is 2. The van der Waals surface area contributed by atoms with Crippen LogP contribution in [0.4, 0.5) is 4.79 Å². The van der Waals surface area contributed by atoms with Crippen molar-refractivity contribution >= 4 is 12.1 Å². The summed E-state index contributed by atoms with van der Waals surface area (Å²) in [5, 5.41) is 2.46. The standard InChI is InChI=1S/C4H8O2.C3H5NO2/c1-3-4(5)6-2;5-3-4-1-2-6-3/h3H2,1-2H3;1-2H2,(H,4,5). The Morgan fingerprint density at radius 1 is 1.75 bits per heavy atom. The van der Waals surface area contributed by atoms with Gasteiger partial charge in [0.2, 0.25) is 0 Å². The summed E-state index contributed by atoms with van der Waals surface area (Å²) in [6, 6.07) is 0. The quantitative estimate of drug-likeness (QED) is 0.582. The Balaban J connectivity index is 0.000000202. The van der Waals surface area contributed by atoms with Crippen molar-refractivity contribution in [2.45, 2.75) is 13.3 Å². The second-order valence-corrected chi connectivity index (χ2v) is 1.99. The maximum absolute atomic E-state index is 9.96. The molecule has 0 spiro atoms. The molecule has 1 saturated heterocycles. The lowest BCUT2D eigenvalue weighted by Crippen LogP contribution is -2.11. The molecule has 5 heteroatoms. The lowest BCUT2D eigenvalue weighted by atomic mass is 10.5. The molecule has 0 saturated carbocycles. The van der Waals surface area contributed by atoms with Crippen LogP contribution in [-0.2, 0) is 14.3 Å². The van der Waals surface area contributed by atoms with Gasteiger partial charge in [-0.2, -0.15) is 0 Å². The van der Waals surface area contributed by atoms with Crippen LogP contribution in [0.15, 0.2) is 0 Å². The molecule has 0 unspecified atom stereocenters. The number of amides is 1. The van der Waals surface area contributed by atoms with Gasteiger partial charge in [0.15, 0.2) is 0 Å². The molecule has 1 rings (SSSR count). The molecule has 5 nitrogen and oxygen atoms in total. The molecular weight excluding hydrogens is 162 g/mol. The minimum absolute atomic E-state index is 0.157. The Hall–Kier alpha value is -1.26. The zero-order chi connectivity index (χ0) is 9.40. The van der Waals surface area contributed by atoms with Crippen molar-refractivity contribution in [1.29, 1.82) is 0 Å². The Bertz CT molecular complexity index is 141. The Morgan fingerprint density at radius 2 is 2.42 bits per heavy atom. The molecule has 0 aliphatic carbocycles. The van der Waals surface area contributed by atoms with E-state index in [9.17, 15) is 9.59 Å². The number of hydrogen-bond acceptors (Lipinski definition) is 4. The molecule has 0 bridgehead atoms. The first-order valence-corrected chi connectivity index (χ1v) is 3.68. The number of rotatable bonds is 1. The second kappa shape index (κ2) is 6.45. The van der Waals surface area contributed by atoms with Gasteiger partial charge in [0, 0.05) is 6.42 Å². The van der Waals surface area contributed by atoms with Crippen LogP contribution in [0.25, 0.3) is 0 Å². The monoisotopic (exact) mass is 175 g/mol. The van der Waals surface area contributed by atoms with E-state index >= 15 is 0 Å². The van der Waals surface area contributed by atoms with Crippen molar-refractivity contribution in [2.75, 3.05) is 20.3 Å². The highest BCUT2D eigenvalue weighted by molar-refractivity contribution is 5.68. The van der Waals surface area contributed by atoms with Crippen LogP contribution in [0, 0.1) is 0 Å². The van der Waals surface area contributed by atoms with Crippen LogP contribution in [0.2, 0.25) is 0 Å². The molecule has 0 radical (unpaired) electrons. The zero-order valence-electron chi connectivity index (χ0n) is 7.25. The lowest BCUT2D eigenvalue weighted by Gasteiger charge is -1.87. The van der Waals surface area contributed by atoms with Crippen molar-refractivity contribution in [3.05, 3.63) is 0 Å². The molecule has 0 aromatic heterocycles. The van der Waals surface area contributed by atoms with Gasteiger partial charge < -0.3 is 14.8 Å². The zero-order valence-corrected chi connectivity index (χ0v) is 7.25. The molecule has 1 amide bonds. The average Bonchev–Trinajstić information content (AvgIpc) is 2.55. The van der Waals surface area contributed by atoms with Crippen molar-refractivity contribution in [2.24, 2.45) is 0 Å². The van der Waals surface area contributed by atoms with Crippen molar-refractivity contribution < 1.29 is 19.1 Å². The highest BCUT2D eigenvalue weighted by Crippen LogP contribution is 1.82. The van der Waals surface area contributed by atoms with Crippen molar-refractivity contribution in [3.8, 4) is 0 Å². The largest absolute Gasteiger partial charge is 0.469 e. The predicted octanol–water partition coefficient (Wildman–Crippen LogP) is 0.296. The van der Waals surface area contributed by atoms with Crippen LogP contribution in [0.3, 0.4) is 0 Å². The minimum Gasteiger partial charge on any atom is -0.469 e. The average molecular weight is 175 g/mol. The normalized spacial score (nSPS) is 13.7. The molecule has 1 aliphatic heterocycles. The summed E-state index contributed by atoms with van der Waals surface area (Å²) in [4.78, 5) is 19.9. The summed E-state index contributed by atoms with van der Waals surface area (Å²) in [5.74, 6) is -0.157. The number of methoxy groups -OCH3 is 1. The van der Waals surface area contributed by atoms with Gasteiger partial charge in [0.1, 0.15) is 6.61 Å². The summed E-state index contributed by atoms with van der Waals surface area (Å²) < 4.78 is 8.66. The molecule has 1 N–H and O–H groups in total. The number of hydrogen-bond donors (Lipinski definition) is 1. The predicted molar refractivity (Wildman–Crippen MR) is 41.7 cm³/mol. The Kier molecular flexibility index (Phi) is 5.77. The highest BCUT2D eigenvalue weighted by Gasteiger charge is 2.06. The third-order valence-electron chi connectivity index (χ3n) is 1.12. The van der Waals surface area contributed by atoms with E-state index in [1.807, 2.05) is 0 Å². The van der Waals surface area contributed by atoms with Gasteiger partial charge in [-0.3, -0.25) is 4.79 Å². The fourth-order valence-corrected chi connectivity index (χ4v) is 0.492. The van der Waals surface area contributed by atoms with Gasteiger partial charge >= 0.3 is 12.1 Å². The summed E-state index contributed by atoms with van der Waals surface area (Å²) >= 11 is 0. The summed E-state index contributed by atoms with van der Waals surface area (Å²) in [5.41, 5.74) is 0. The highest BCUT2D eigenvalue weighted by atomic mass is 16.6. The first-order chi connectivity index (χ1) is 5.70. The van der Waals surface area contributed by atoms with Gasteiger partial charge in [0.05, 0.1) is 13.7 Å². The fraction of sp³-hybridized carbons (Fsp3) is 0.714. The molecule has 1 heterocycles. The number of esters is 1. The van der Waals surface area contributed by atoms with Crippen LogP contribution >= 0.6 is 0 Å². The van der Waals surface area contributed by atoms with E-state index < -0.39 is 0 Å². The first kappa shape index (κ1) is 10.7. The SMILES string of the molecule is CCC(=O)OC.O=C1NCCO1. The molecular formula is C7H13NO4. The number of cyclic esters (lactones) is 1. The second-order valence-electron chi connectivity index (χ2n) is 1.99. The Labute approximate surface area is 71.0 Å². The summed E-state index contributed by atoms with van der Waals surface area (Å²) in [6.45, 7) is 2.95. The topological polar surface area (TPSA) is 64.6 Å². The molecule has 0 atom stereocenters. The van der Waals surface area contributed by atoms with E-state index in [-0.39, 0.29) is 12.1 Å². The molecule has 1 fully saturated rings. The number of carbonyl (C=O) groups is 2. The molecule has 12 heavy (non-hydrogen) atoms. The van der Waals surface area contributed by atoms with Crippen molar-refractivity contribution in [3.63, 3.8) is 0 Å². The van der Waals surface area contributed by atoms with Crippen LogP contribution < -0.4 is 5.32 Å². The molecule has 1 aliphatic rings. The lowest BCUT2D eigenvalue weighted by molar-refractivity contribution is -0.140. The van der Waals surface area contributed by atoms with E-state index in [4.69, 9.17) is 0 Å². The van der Waals surface area contributed by atoms with Gasteiger partial charge in [-0.1, -0.05) is 6.92 Å². The third kappa shape index (κ3) is 5.52. The first-order valence-electron chi connectivity index (χ1n) is 3.68. The molecule has 0 aromatic carbocycles. The van der Waals surface area contributed by atoms with Crippen LogP contribution in [0.1, 0.15) is 13.3 Å². The van der Waals surface area contributed by atoms with Gasteiger partial charge in [-0.25, -0.2) is 4.79 Å². The molecule has 0 aromatic rings. The maximum atomic E-state index is 9.96. The van der Waals surface area contributed by atoms with Crippen molar-refractivity contribution in [1.82, 2.24) is 5.32 Å². The third-order valence-corrected chi connectivity index (χ3v) is 1.12. The number of nitrogens with one attached hydrogen (secondary N) is 1. The maximum Gasteiger partial charge on any atom is 0.407 e. The number of alkyl carbamates (subject to hydrolysis) is 1. The number of carbonyl (C=O) groups excluding carboxylic acids is 2. The van der Waals surface area contributed by atoms with E-state index in [0.29, 0.717) is 19.6 Å². The van der Waals surface area contributed by atoms with E-state index in [0.717, 1.165) is 0 Å².